The average molecular weight is 384 g/mol. The zero-order chi connectivity index (χ0) is 19.4. The number of nitrogens with zero attached hydrogens (tertiary/aromatic N) is 1. The third-order valence-electron chi connectivity index (χ3n) is 4.16. The molecule has 6 heteroatoms. The van der Waals surface area contributed by atoms with Crippen LogP contribution in [0.5, 0.6) is 5.75 Å². The minimum absolute atomic E-state index is 0.201. The Bertz CT molecular complexity index is 916. The molecule has 27 heavy (non-hydrogen) atoms. The molecule has 0 unspecified atom stereocenters. The first-order valence-corrected chi connectivity index (χ1v) is 9.14. The second-order valence-corrected chi connectivity index (χ2v) is 7.15. The molecule has 3 aromatic rings. The quantitative estimate of drug-likeness (QED) is 0.615. The lowest BCUT2D eigenvalue weighted by Gasteiger charge is -2.10. The number of aromatic nitrogens is 2. The van der Waals surface area contributed by atoms with E-state index >= 15 is 0 Å². The van der Waals surface area contributed by atoms with Crippen molar-refractivity contribution in [3.8, 4) is 17.0 Å². The minimum Gasteiger partial charge on any atom is -0.497 e. The number of hydrogen-bond acceptors (Lipinski definition) is 3. The van der Waals surface area contributed by atoms with Crippen molar-refractivity contribution in [2.24, 2.45) is 5.92 Å². The van der Waals surface area contributed by atoms with E-state index in [0.717, 1.165) is 23.4 Å². The van der Waals surface area contributed by atoms with Crippen LogP contribution in [0.1, 0.15) is 29.9 Å². The summed E-state index contributed by atoms with van der Waals surface area (Å²) in [7, 11) is 1.63. The molecule has 1 aromatic heterocycles. The third-order valence-corrected chi connectivity index (χ3v) is 4.41. The molecule has 0 atom stereocenters. The maximum Gasteiger partial charge on any atom is 0.255 e. The molecule has 2 N–H and O–H groups in total. The predicted octanol–water partition coefficient (Wildman–Crippen LogP) is 5.19. The van der Waals surface area contributed by atoms with Crippen LogP contribution in [0.4, 0.5) is 5.69 Å². The van der Waals surface area contributed by atoms with Gasteiger partial charge in [0.1, 0.15) is 11.4 Å². The smallest absolute Gasteiger partial charge is 0.255 e. The first-order valence-electron chi connectivity index (χ1n) is 8.76. The third kappa shape index (κ3) is 4.49. The molecular weight excluding hydrogens is 362 g/mol. The van der Waals surface area contributed by atoms with E-state index in [9.17, 15) is 4.79 Å². The number of aromatic amines is 1. The Balaban J connectivity index is 1.96. The van der Waals surface area contributed by atoms with Crippen molar-refractivity contribution in [1.82, 2.24) is 10.2 Å². The van der Waals surface area contributed by atoms with Crippen molar-refractivity contribution in [2.45, 2.75) is 20.3 Å². The lowest BCUT2D eigenvalue weighted by atomic mass is 10.0. The molecule has 0 aliphatic heterocycles. The summed E-state index contributed by atoms with van der Waals surface area (Å²) in [4.78, 5) is 12.7. The van der Waals surface area contributed by atoms with E-state index in [-0.39, 0.29) is 5.91 Å². The molecule has 0 radical (unpaired) electrons. The van der Waals surface area contributed by atoms with Crippen molar-refractivity contribution >= 4 is 23.2 Å². The zero-order valence-corrected chi connectivity index (χ0v) is 16.3. The molecule has 5 nitrogen and oxygen atoms in total. The molecule has 0 aliphatic carbocycles. The molecule has 0 saturated heterocycles. The number of carbonyl (C=O) groups is 1. The molecule has 0 spiro atoms. The van der Waals surface area contributed by atoms with Crippen LogP contribution in [0.15, 0.2) is 48.5 Å². The van der Waals surface area contributed by atoms with Gasteiger partial charge in [-0.05, 0) is 60.9 Å². The Labute approximate surface area is 163 Å². The fraction of sp³-hybridized carbons (Fsp3) is 0.238. The van der Waals surface area contributed by atoms with Gasteiger partial charge in [-0.1, -0.05) is 25.4 Å². The lowest BCUT2D eigenvalue weighted by molar-refractivity contribution is 0.102. The second kappa shape index (κ2) is 8.27. The van der Waals surface area contributed by atoms with E-state index in [1.54, 1.807) is 31.4 Å². The van der Waals surface area contributed by atoms with Gasteiger partial charge in [-0.15, -0.1) is 0 Å². The summed E-state index contributed by atoms with van der Waals surface area (Å²) in [6.07, 6.45) is 0.777. The highest BCUT2D eigenvalue weighted by molar-refractivity contribution is 6.30. The standard InChI is InChI=1S/C21H22ClN3O2/c1-13(2)12-18-20(23-21(26)15-4-8-16(22)9-5-15)19(25-24-18)14-6-10-17(27-3)11-7-14/h4-11,13H,12H2,1-3H3,(H,23,26)(H,24,25). The Morgan fingerprint density at radius 3 is 2.41 bits per heavy atom. The molecular formula is C21H22ClN3O2. The molecule has 0 fully saturated rings. The fourth-order valence-corrected chi connectivity index (χ4v) is 2.94. The summed E-state index contributed by atoms with van der Waals surface area (Å²) < 4.78 is 5.22. The molecule has 1 amide bonds. The van der Waals surface area contributed by atoms with Gasteiger partial charge in [0.25, 0.3) is 5.91 Å². The summed E-state index contributed by atoms with van der Waals surface area (Å²) in [5.41, 5.74) is 3.74. The first kappa shape index (κ1) is 19.0. The fourth-order valence-electron chi connectivity index (χ4n) is 2.81. The van der Waals surface area contributed by atoms with Gasteiger partial charge in [-0.2, -0.15) is 5.10 Å². The molecule has 140 valence electrons. The summed E-state index contributed by atoms with van der Waals surface area (Å²) in [6.45, 7) is 4.25. The molecule has 0 saturated carbocycles. The number of halogens is 1. The van der Waals surface area contributed by atoms with E-state index < -0.39 is 0 Å². The van der Waals surface area contributed by atoms with Gasteiger partial charge >= 0.3 is 0 Å². The number of benzene rings is 2. The number of anilines is 1. The van der Waals surface area contributed by atoms with Gasteiger partial charge in [0.2, 0.25) is 0 Å². The number of hydrogen-bond donors (Lipinski definition) is 2. The van der Waals surface area contributed by atoms with E-state index in [4.69, 9.17) is 16.3 Å². The monoisotopic (exact) mass is 383 g/mol. The van der Waals surface area contributed by atoms with Crippen LogP contribution >= 0.6 is 11.6 Å². The van der Waals surface area contributed by atoms with Gasteiger partial charge in [-0.3, -0.25) is 9.89 Å². The first-order chi connectivity index (χ1) is 13.0. The van der Waals surface area contributed by atoms with E-state index in [2.05, 4.69) is 29.4 Å². The highest BCUT2D eigenvalue weighted by Crippen LogP contribution is 2.31. The number of nitrogens with one attached hydrogen (secondary N) is 2. The number of methoxy groups -OCH3 is 1. The Hall–Kier alpha value is -2.79. The lowest BCUT2D eigenvalue weighted by Crippen LogP contribution is -2.13. The van der Waals surface area contributed by atoms with Crippen LogP contribution in [0.2, 0.25) is 5.02 Å². The number of carbonyl (C=O) groups excluding carboxylic acids is 1. The highest BCUT2D eigenvalue weighted by Gasteiger charge is 2.19. The topological polar surface area (TPSA) is 67.0 Å². The number of ether oxygens (including phenoxy) is 1. The van der Waals surface area contributed by atoms with Crippen LogP contribution in [0.3, 0.4) is 0 Å². The van der Waals surface area contributed by atoms with Crippen molar-refractivity contribution in [1.29, 1.82) is 0 Å². The zero-order valence-electron chi connectivity index (χ0n) is 15.5. The summed E-state index contributed by atoms with van der Waals surface area (Å²) >= 11 is 5.91. The van der Waals surface area contributed by atoms with E-state index in [1.165, 1.54) is 0 Å². The van der Waals surface area contributed by atoms with Gasteiger partial charge in [0, 0.05) is 16.1 Å². The number of H-pyrrole nitrogens is 1. The van der Waals surface area contributed by atoms with Crippen LogP contribution in [0.25, 0.3) is 11.3 Å². The average Bonchev–Trinajstić information content (AvgIpc) is 3.04. The van der Waals surface area contributed by atoms with Gasteiger partial charge < -0.3 is 10.1 Å². The summed E-state index contributed by atoms with van der Waals surface area (Å²) in [5.74, 6) is 0.983. The molecule has 0 bridgehead atoms. The predicted molar refractivity (Wildman–Crippen MR) is 109 cm³/mol. The van der Waals surface area contributed by atoms with Crippen LogP contribution < -0.4 is 10.1 Å². The molecule has 1 heterocycles. The SMILES string of the molecule is COc1ccc(-c2n[nH]c(CC(C)C)c2NC(=O)c2ccc(Cl)cc2)cc1. The van der Waals surface area contributed by atoms with Crippen LogP contribution in [-0.4, -0.2) is 23.2 Å². The van der Waals surface area contributed by atoms with Crippen molar-refractivity contribution < 1.29 is 9.53 Å². The highest BCUT2D eigenvalue weighted by atomic mass is 35.5. The normalized spacial score (nSPS) is 10.9. The molecule has 2 aromatic carbocycles. The van der Waals surface area contributed by atoms with Gasteiger partial charge in [0.05, 0.1) is 18.5 Å². The molecule has 3 rings (SSSR count). The number of amides is 1. The Morgan fingerprint density at radius 1 is 1.15 bits per heavy atom. The number of rotatable bonds is 6. The maximum absolute atomic E-state index is 12.7. The van der Waals surface area contributed by atoms with Crippen molar-refractivity contribution in [3.63, 3.8) is 0 Å². The van der Waals surface area contributed by atoms with E-state index in [1.807, 2.05) is 24.3 Å². The summed E-state index contributed by atoms with van der Waals surface area (Å²) in [5, 5.41) is 11.1. The largest absolute Gasteiger partial charge is 0.497 e. The Morgan fingerprint density at radius 2 is 1.81 bits per heavy atom. The van der Waals surface area contributed by atoms with Gasteiger partial charge in [0.15, 0.2) is 0 Å². The minimum atomic E-state index is -0.201. The summed E-state index contributed by atoms with van der Waals surface area (Å²) in [6, 6.07) is 14.4. The van der Waals surface area contributed by atoms with Crippen LogP contribution in [0, 0.1) is 5.92 Å². The van der Waals surface area contributed by atoms with Gasteiger partial charge in [-0.25, -0.2) is 0 Å². The Kier molecular flexibility index (Phi) is 5.81. The molecule has 0 aliphatic rings. The van der Waals surface area contributed by atoms with Crippen molar-refractivity contribution in [2.75, 3.05) is 12.4 Å². The maximum atomic E-state index is 12.7. The van der Waals surface area contributed by atoms with E-state index in [0.29, 0.717) is 27.9 Å². The van der Waals surface area contributed by atoms with Crippen LogP contribution in [-0.2, 0) is 6.42 Å². The second-order valence-electron chi connectivity index (χ2n) is 6.71. The van der Waals surface area contributed by atoms with Crippen molar-refractivity contribution in [3.05, 3.63) is 64.8 Å².